The van der Waals surface area contributed by atoms with Gasteiger partial charge in [-0.2, -0.15) is 11.8 Å². The first kappa shape index (κ1) is 27.6. The van der Waals surface area contributed by atoms with Gasteiger partial charge in [0.15, 0.2) is 0 Å². The van der Waals surface area contributed by atoms with Gasteiger partial charge in [0.1, 0.15) is 5.82 Å². The molecule has 0 atom stereocenters. The number of hydrogen-bond acceptors (Lipinski definition) is 4. The van der Waals surface area contributed by atoms with Gasteiger partial charge in [-0.25, -0.2) is 12.8 Å². The molecule has 0 aliphatic carbocycles. The lowest BCUT2D eigenvalue weighted by Crippen LogP contribution is -2.29. The first-order chi connectivity index (χ1) is 16.6. The number of nitrogens with one attached hydrogen (secondary N) is 1. The number of hydrogen-bond donors (Lipinski definition) is 1. The van der Waals surface area contributed by atoms with E-state index in [9.17, 15) is 17.6 Å². The average Bonchev–Trinajstić information content (AvgIpc) is 2.80. The number of amides is 1. The van der Waals surface area contributed by atoms with Gasteiger partial charge in [-0.1, -0.05) is 59.1 Å². The van der Waals surface area contributed by atoms with Crippen molar-refractivity contribution in [1.82, 2.24) is 5.32 Å². The Balaban J connectivity index is 1.56. The van der Waals surface area contributed by atoms with Gasteiger partial charge in [0.2, 0.25) is 10.0 Å². The molecule has 0 fully saturated rings. The standard InChI is InChI=1S/C24H22Cl3FN2O3S2/c1-35(32,33)30(22-7-3-5-20(26)23(22)27)14-16-8-10-17(11-9-16)24(31)29-12-13-34-15-18-19(25)4-2-6-21(18)28/h2-11H,12-15H2,1H3,(H,29,31). The summed E-state index contributed by atoms with van der Waals surface area (Å²) in [7, 11) is -3.65. The second-order valence-electron chi connectivity index (χ2n) is 7.55. The molecule has 0 spiro atoms. The predicted octanol–water partition coefficient (Wildman–Crippen LogP) is 6.42. The van der Waals surface area contributed by atoms with Crippen LogP contribution in [-0.2, 0) is 22.3 Å². The molecule has 11 heteroatoms. The molecule has 0 aliphatic rings. The Morgan fingerprint density at radius 2 is 1.66 bits per heavy atom. The van der Waals surface area contributed by atoms with E-state index in [2.05, 4.69) is 5.32 Å². The molecular weight excluding hydrogens is 554 g/mol. The van der Waals surface area contributed by atoms with E-state index in [1.165, 1.54) is 17.8 Å². The molecule has 3 aromatic rings. The first-order valence-corrected chi connectivity index (χ1v) is 14.5. The molecule has 1 N–H and O–H groups in total. The lowest BCUT2D eigenvalue weighted by molar-refractivity contribution is 0.0956. The van der Waals surface area contributed by atoms with Gasteiger partial charge in [0.25, 0.3) is 5.91 Å². The minimum absolute atomic E-state index is 0.0238. The molecule has 0 heterocycles. The SMILES string of the molecule is CS(=O)(=O)N(Cc1ccc(C(=O)NCCSCc2c(F)cccc2Cl)cc1)c1cccc(Cl)c1Cl. The molecule has 0 unspecified atom stereocenters. The van der Waals surface area contributed by atoms with Crippen LogP contribution in [0.4, 0.5) is 10.1 Å². The third-order valence-electron chi connectivity index (χ3n) is 4.98. The Kier molecular flexibility index (Phi) is 9.72. The van der Waals surface area contributed by atoms with Crippen LogP contribution in [0.3, 0.4) is 0 Å². The van der Waals surface area contributed by atoms with Crippen LogP contribution in [-0.4, -0.2) is 32.9 Å². The molecule has 1 amide bonds. The van der Waals surface area contributed by atoms with E-state index >= 15 is 0 Å². The highest BCUT2D eigenvalue weighted by molar-refractivity contribution is 7.98. The van der Waals surface area contributed by atoms with Crippen LogP contribution < -0.4 is 9.62 Å². The highest BCUT2D eigenvalue weighted by atomic mass is 35.5. The zero-order valence-corrected chi connectivity index (χ0v) is 22.5. The minimum atomic E-state index is -3.65. The molecule has 0 aliphatic heterocycles. The van der Waals surface area contributed by atoms with Crippen molar-refractivity contribution in [3.8, 4) is 0 Å². The van der Waals surface area contributed by atoms with Crippen LogP contribution in [0.15, 0.2) is 60.7 Å². The number of carbonyl (C=O) groups is 1. The van der Waals surface area contributed by atoms with E-state index in [0.717, 1.165) is 10.6 Å². The van der Waals surface area contributed by atoms with Crippen molar-refractivity contribution >= 4 is 68.2 Å². The second-order valence-corrected chi connectivity index (χ2v) is 11.8. The molecule has 0 aromatic heterocycles. The van der Waals surface area contributed by atoms with Crippen LogP contribution in [0, 0.1) is 5.82 Å². The largest absolute Gasteiger partial charge is 0.351 e. The zero-order valence-electron chi connectivity index (χ0n) is 18.6. The summed E-state index contributed by atoms with van der Waals surface area (Å²) >= 11 is 19.8. The van der Waals surface area contributed by atoms with Crippen LogP contribution >= 0.6 is 46.6 Å². The fraction of sp³-hybridized carbons (Fsp3) is 0.208. The molecule has 186 valence electrons. The van der Waals surface area contributed by atoms with E-state index in [-0.39, 0.29) is 34.0 Å². The molecule has 0 saturated carbocycles. The normalized spacial score (nSPS) is 11.3. The molecular formula is C24H22Cl3FN2O3S2. The topological polar surface area (TPSA) is 66.5 Å². The van der Waals surface area contributed by atoms with Gasteiger partial charge in [-0.3, -0.25) is 9.10 Å². The summed E-state index contributed by atoms with van der Waals surface area (Å²) in [4.78, 5) is 12.4. The molecule has 5 nitrogen and oxygen atoms in total. The lowest BCUT2D eigenvalue weighted by Gasteiger charge is -2.24. The summed E-state index contributed by atoms with van der Waals surface area (Å²) in [5.41, 5.74) is 1.82. The molecule has 0 bridgehead atoms. The van der Waals surface area contributed by atoms with Gasteiger partial charge in [-0.15, -0.1) is 0 Å². The molecule has 35 heavy (non-hydrogen) atoms. The van der Waals surface area contributed by atoms with Crippen molar-refractivity contribution in [2.75, 3.05) is 22.9 Å². The van der Waals surface area contributed by atoms with Crippen LogP contribution in [0.25, 0.3) is 0 Å². The quantitative estimate of drug-likeness (QED) is 0.284. The van der Waals surface area contributed by atoms with E-state index < -0.39 is 10.0 Å². The number of nitrogens with zero attached hydrogens (tertiary/aromatic N) is 1. The number of anilines is 1. The zero-order chi connectivity index (χ0) is 25.6. The van der Waals surface area contributed by atoms with E-state index in [1.54, 1.807) is 54.6 Å². The van der Waals surface area contributed by atoms with Crippen molar-refractivity contribution in [3.05, 3.63) is 98.2 Å². The summed E-state index contributed by atoms with van der Waals surface area (Å²) in [6.07, 6.45) is 1.09. The summed E-state index contributed by atoms with van der Waals surface area (Å²) in [6.45, 7) is 0.419. The Morgan fingerprint density at radius 1 is 1.00 bits per heavy atom. The van der Waals surface area contributed by atoms with Gasteiger partial charge in [0, 0.05) is 34.2 Å². The maximum atomic E-state index is 13.8. The van der Waals surface area contributed by atoms with Crippen molar-refractivity contribution in [2.45, 2.75) is 12.3 Å². The van der Waals surface area contributed by atoms with Crippen molar-refractivity contribution in [1.29, 1.82) is 0 Å². The predicted molar refractivity (Wildman–Crippen MR) is 144 cm³/mol. The number of thioether (sulfide) groups is 1. The monoisotopic (exact) mass is 574 g/mol. The first-order valence-electron chi connectivity index (χ1n) is 10.4. The maximum Gasteiger partial charge on any atom is 0.251 e. The Bertz CT molecular complexity index is 1290. The Morgan fingerprint density at radius 3 is 2.31 bits per heavy atom. The number of halogens is 4. The molecule has 3 aromatic carbocycles. The maximum absolute atomic E-state index is 13.8. The number of carbonyl (C=O) groups excluding carboxylic acids is 1. The van der Waals surface area contributed by atoms with Crippen molar-refractivity contribution < 1.29 is 17.6 Å². The number of sulfonamides is 1. The van der Waals surface area contributed by atoms with Gasteiger partial charge in [0.05, 0.1) is 28.5 Å². The fourth-order valence-corrected chi connectivity index (χ4v) is 5.71. The highest BCUT2D eigenvalue weighted by Crippen LogP contribution is 2.34. The third-order valence-corrected chi connectivity index (χ3v) is 8.26. The molecule has 0 radical (unpaired) electrons. The van der Waals surface area contributed by atoms with Crippen molar-refractivity contribution in [2.24, 2.45) is 0 Å². The number of benzene rings is 3. The van der Waals surface area contributed by atoms with E-state index in [0.29, 0.717) is 39.8 Å². The van der Waals surface area contributed by atoms with Crippen molar-refractivity contribution in [3.63, 3.8) is 0 Å². The van der Waals surface area contributed by atoms with E-state index in [1.807, 2.05) is 0 Å². The summed E-state index contributed by atoms with van der Waals surface area (Å²) in [6, 6.07) is 16.0. The Labute approximate surface area is 223 Å². The molecule has 0 saturated heterocycles. The smallest absolute Gasteiger partial charge is 0.251 e. The fourth-order valence-electron chi connectivity index (χ4n) is 3.18. The van der Waals surface area contributed by atoms with Crippen LogP contribution in [0.2, 0.25) is 15.1 Å². The Hall–Kier alpha value is -1.97. The average molecular weight is 576 g/mol. The number of rotatable bonds is 10. The van der Waals surface area contributed by atoms with Gasteiger partial charge < -0.3 is 5.32 Å². The van der Waals surface area contributed by atoms with Crippen LogP contribution in [0.5, 0.6) is 0 Å². The summed E-state index contributed by atoms with van der Waals surface area (Å²) < 4.78 is 39.8. The van der Waals surface area contributed by atoms with Gasteiger partial charge in [-0.05, 0) is 42.0 Å². The van der Waals surface area contributed by atoms with E-state index in [4.69, 9.17) is 34.8 Å². The summed E-state index contributed by atoms with van der Waals surface area (Å²) in [5.74, 6) is 0.377. The van der Waals surface area contributed by atoms with Crippen LogP contribution in [0.1, 0.15) is 21.5 Å². The lowest BCUT2D eigenvalue weighted by atomic mass is 10.1. The highest BCUT2D eigenvalue weighted by Gasteiger charge is 2.21. The second kappa shape index (κ2) is 12.3. The minimum Gasteiger partial charge on any atom is -0.351 e. The molecule has 3 rings (SSSR count). The third kappa shape index (κ3) is 7.51. The summed E-state index contributed by atoms with van der Waals surface area (Å²) in [5, 5.41) is 3.59. The van der Waals surface area contributed by atoms with Gasteiger partial charge >= 0.3 is 0 Å².